The van der Waals surface area contributed by atoms with Crippen LogP contribution in [0.5, 0.6) is 0 Å². The molecule has 0 radical (unpaired) electrons. The minimum Gasteiger partial charge on any atom is -0.393 e. The normalized spacial score (nSPS) is 32.4. The van der Waals surface area contributed by atoms with E-state index in [0.29, 0.717) is 17.1 Å². The predicted octanol–water partition coefficient (Wildman–Crippen LogP) is 1.61. The van der Waals surface area contributed by atoms with Crippen LogP contribution in [0.4, 0.5) is 0 Å². The molecule has 17 heavy (non-hydrogen) atoms. The fourth-order valence-corrected chi connectivity index (χ4v) is 3.64. The summed E-state index contributed by atoms with van der Waals surface area (Å²) in [5.41, 5.74) is 5.72. The summed E-state index contributed by atoms with van der Waals surface area (Å²) < 4.78 is 0. The molecule has 0 spiro atoms. The Hall–Kier alpha value is -0.190. The van der Waals surface area contributed by atoms with Gasteiger partial charge in [0.2, 0.25) is 0 Å². The van der Waals surface area contributed by atoms with E-state index >= 15 is 0 Å². The third kappa shape index (κ3) is 2.98. The van der Waals surface area contributed by atoms with Gasteiger partial charge in [0.25, 0.3) is 0 Å². The lowest BCUT2D eigenvalue weighted by atomic mass is 10.0. The highest BCUT2D eigenvalue weighted by molar-refractivity contribution is 7.80. The van der Waals surface area contributed by atoms with Crippen LogP contribution < -0.4 is 5.73 Å². The van der Waals surface area contributed by atoms with E-state index in [1.165, 1.54) is 32.5 Å². The summed E-state index contributed by atoms with van der Waals surface area (Å²) in [6.07, 6.45) is 4.77. The lowest BCUT2D eigenvalue weighted by Crippen LogP contribution is -2.58. The smallest absolute Gasteiger partial charge is 0.0743 e. The Labute approximate surface area is 110 Å². The fraction of sp³-hybridized carbons (Fsp3) is 0.923. The third-order valence-electron chi connectivity index (χ3n) is 4.36. The van der Waals surface area contributed by atoms with Crippen molar-refractivity contribution in [3.63, 3.8) is 0 Å². The van der Waals surface area contributed by atoms with Gasteiger partial charge in [0, 0.05) is 37.6 Å². The van der Waals surface area contributed by atoms with Crippen LogP contribution in [0.1, 0.15) is 39.5 Å². The second-order valence-corrected chi connectivity index (χ2v) is 6.09. The van der Waals surface area contributed by atoms with Gasteiger partial charge in [0.05, 0.1) is 4.99 Å². The van der Waals surface area contributed by atoms with E-state index in [1.807, 2.05) is 0 Å². The highest BCUT2D eigenvalue weighted by Gasteiger charge is 2.36. The van der Waals surface area contributed by atoms with Gasteiger partial charge >= 0.3 is 0 Å². The zero-order valence-electron chi connectivity index (χ0n) is 11.1. The van der Waals surface area contributed by atoms with Gasteiger partial charge in [-0.2, -0.15) is 0 Å². The van der Waals surface area contributed by atoms with Gasteiger partial charge < -0.3 is 5.73 Å². The highest BCUT2D eigenvalue weighted by Crippen LogP contribution is 2.27. The van der Waals surface area contributed by atoms with Crippen molar-refractivity contribution in [2.45, 2.75) is 57.7 Å². The molecule has 4 heteroatoms. The Morgan fingerprint density at radius 2 is 2.24 bits per heavy atom. The molecule has 0 aromatic heterocycles. The average Bonchev–Trinajstić information content (AvgIpc) is 2.71. The summed E-state index contributed by atoms with van der Waals surface area (Å²) in [7, 11) is 0. The number of thiocarbonyl (C=S) groups is 1. The summed E-state index contributed by atoms with van der Waals surface area (Å²) in [5, 5.41) is 0. The standard InChI is InChI=1S/C13H25N3S/c1-3-11(7-13(14)17)16-9-12-5-4-6-15(12)8-10(16)2/h10-12H,3-9H2,1-2H3,(H2,14,17). The van der Waals surface area contributed by atoms with E-state index in [9.17, 15) is 0 Å². The molecule has 2 heterocycles. The maximum Gasteiger partial charge on any atom is 0.0743 e. The molecule has 0 saturated carbocycles. The largest absolute Gasteiger partial charge is 0.393 e. The van der Waals surface area contributed by atoms with E-state index in [4.69, 9.17) is 18.0 Å². The van der Waals surface area contributed by atoms with Crippen molar-refractivity contribution < 1.29 is 0 Å². The monoisotopic (exact) mass is 255 g/mol. The first-order valence-corrected chi connectivity index (χ1v) is 7.30. The molecule has 2 aliphatic heterocycles. The number of hydrogen-bond acceptors (Lipinski definition) is 3. The van der Waals surface area contributed by atoms with Gasteiger partial charge in [0.1, 0.15) is 0 Å². The first-order chi connectivity index (χ1) is 8.11. The summed E-state index contributed by atoms with van der Waals surface area (Å²) >= 11 is 5.08. The molecular weight excluding hydrogens is 230 g/mol. The average molecular weight is 255 g/mol. The summed E-state index contributed by atoms with van der Waals surface area (Å²) in [5.74, 6) is 0. The van der Waals surface area contributed by atoms with Crippen molar-refractivity contribution in [1.29, 1.82) is 0 Å². The lowest BCUT2D eigenvalue weighted by molar-refractivity contribution is 0.0287. The number of hydrogen-bond donors (Lipinski definition) is 1. The molecular formula is C13H25N3S. The van der Waals surface area contributed by atoms with Crippen molar-refractivity contribution >= 4 is 17.2 Å². The van der Waals surface area contributed by atoms with Crippen LogP contribution in [0.3, 0.4) is 0 Å². The van der Waals surface area contributed by atoms with Crippen LogP contribution in [0.25, 0.3) is 0 Å². The maximum absolute atomic E-state index is 5.72. The zero-order chi connectivity index (χ0) is 12.4. The van der Waals surface area contributed by atoms with E-state index < -0.39 is 0 Å². The number of fused-ring (bicyclic) bond motifs is 1. The summed E-state index contributed by atoms with van der Waals surface area (Å²) in [4.78, 5) is 5.97. The van der Waals surface area contributed by atoms with Gasteiger partial charge in [-0.25, -0.2) is 0 Å². The first-order valence-electron chi connectivity index (χ1n) is 6.90. The topological polar surface area (TPSA) is 32.5 Å². The number of piperazine rings is 1. The van der Waals surface area contributed by atoms with Crippen LogP contribution in [-0.2, 0) is 0 Å². The molecule has 98 valence electrons. The lowest BCUT2D eigenvalue weighted by Gasteiger charge is -2.46. The minimum absolute atomic E-state index is 0.547. The van der Waals surface area contributed by atoms with Crippen LogP contribution >= 0.6 is 12.2 Å². The van der Waals surface area contributed by atoms with E-state index in [-0.39, 0.29) is 0 Å². The number of nitrogens with zero attached hydrogens (tertiary/aromatic N) is 2. The van der Waals surface area contributed by atoms with E-state index in [0.717, 1.165) is 18.9 Å². The Morgan fingerprint density at radius 3 is 2.88 bits per heavy atom. The fourth-order valence-electron chi connectivity index (χ4n) is 3.45. The molecule has 0 aromatic carbocycles. The van der Waals surface area contributed by atoms with Crippen LogP contribution in [0.15, 0.2) is 0 Å². The Bertz CT molecular complexity index is 282. The molecule has 2 saturated heterocycles. The van der Waals surface area contributed by atoms with Crippen molar-refractivity contribution in [3.8, 4) is 0 Å². The zero-order valence-corrected chi connectivity index (χ0v) is 11.9. The first kappa shape index (κ1) is 13.2. The molecule has 0 amide bonds. The predicted molar refractivity (Wildman–Crippen MR) is 76.2 cm³/mol. The van der Waals surface area contributed by atoms with Crippen LogP contribution in [0, 0.1) is 0 Å². The highest BCUT2D eigenvalue weighted by atomic mass is 32.1. The van der Waals surface area contributed by atoms with Crippen LogP contribution in [-0.4, -0.2) is 52.5 Å². The van der Waals surface area contributed by atoms with Gasteiger partial charge in [-0.15, -0.1) is 0 Å². The quantitative estimate of drug-likeness (QED) is 0.774. The molecule has 0 aromatic rings. The SMILES string of the molecule is CCC(CC(N)=S)N1CC2CCCN2CC1C. The van der Waals surface area contributed by atoms with Crippen molar-refractivity contribution in [2.75, 3.05) is 19.6 Å². The Kier molecular flexibility index (Phi) is 4.39. The molecule has 2 rings (SSSR count). The molecule has 2 aliphatic rings. The summed E-state index contributed by atoms with van der Waals surface area (Å²) in [6.45, 7) is 8.32. The Morgan fingerprint density at radius 1 is 1.47 bits per heavy atom. The Balaban J connectivity index is 2.00. The molecule has 2 N–H and O–H groups in total. The number of nitrogens with two attached hydrogens (primary N) is 1. The van der Waals surface area contributed by atoms with Crippen molar-refractivity contribution in [1.82, 2.24) is 9.80 Å². The molecule has 3 nitrogen and oxygen atoms in total. The van der Waals surface area contributed by atoms with E-state index in [2.05, 4.69) is 23.6 Å². The molecule has 3 atom stereocenters. The maximum atomic E-state index is 5.72. The van der Waals surface area contributed by atoms with E-state index in [1.54, 1.807) is 0 Å². The molecule has 2 fully saturated rings. The second-order valence-electron chi connectivity index (χ2n) is 5.57. The van der Waals surface area contributed by atoms with Gasteiger partial charge in [-0.3, -0.25) is 9.80 Å². The summed E-state index contributed by atoms with van der Waals surface area (Å²) in [6, 6.07) is 1.97. The van der Waals surface area contributed by atoms with Crippen LogP contribution in [0.2, 0.25) is 0 Å². The molecule has 0 bridgehead atoms. The third-order valence-corrected chi connectivity index (χ3v) is 4.53. The molecule has 0 aliphatic carbocycles. The van der Waals surface area contributed by atoms with Gasteiger partial charge in [0.15, 0.2) is 0 Å². The van der Waals surface area contributed by atoms with Crippen molar-refractivity contribution in [3.05, 3.63) is 0 Å². The van der Waals surface area contributed by atoms with Crippen molar-refractivity contribution in [2.24, 2.45) is 5.73 Å². The number of rotatable bonds is 4. The van der Waals surface area contributed by atoms with Gasteiger partial charge in [-0.1, -0.05) is 19.1 Å². The molecule has 3 unspecified atom stereocenters. The minimum atomic E-state index is 0.547. The second kappa shape index (κ2) is 5.63. The van der Waals surface area contributed by atoms with Gasteiger partial charge in [-0.05, 0) is 32.7 Å².